The second-order valence-corrected chi connectivity index (χ2v) is 4.63. The average molecular weight is 212 g/mol. The summed E-state index contributed by atoms with van der Waals surface area (Å²) in [6.45, 7) is 5.00. The molecule has 2 amide bonds. The number of amides is 2. The molecule has 1 aliphatic rings. The molecule has 1 saturated carbocycles. The molecule has 0 radical (unpaired) electrons. The van der Waals surface area contributed by atoms with E-state index in [-0.39, 0.29) is 6.03 Å². The number of rotatable bonds is 4. The minimum absolute atomic E-state index is 0.0830. The van der Waals surface area contributed by atoms with Crippen LogP contribution in [0.3, 0.4) is 0 Å². The zero-order valence-corrected chi connectivity index (χ0v) is 10.3. The quantitative estimate of drug-likeness (QED) is 0.763. The molecule has 88 valence electrons. The molecule has 2 unspecified atom stereocenters. The van der Waals surface area contributed by atoms with Crippen LogP contribution in [0, 0.1) is 5.92 Å². The van der Waals surface area contributed by atoms with E-state index in [2.05, 4.69) is 12.2 Å². The van der Waals surface area contributed by atoms with Gasteiger partial charge < -0.3 is 10.2 Å². The van der Waals surface area contributed by atoms with Gasteiger partial charge in [-0.3, -0.25) is 0 Å². The molecule has 0 saturated heterocycles. The van der Waals surface area contributed by atoms with E-state index in [9.17, 15) is 4.79 Å². The fraction of sp³-hybridized carbons (Fsp3) is 0.917. The maximum atomic E-state index is 11.6. The Bertz CT molecular complexity index is 206. The van der Waals surface area contributed by atoms with Crippen LogP contribution in [0.25, 0.3) is 0 Å². The van der Waals surface area contributed by atoms with Gasteiger partial charge in [-0.05, 0) is 32.1 Å². The normalized spacial score (nSPS) is 25.3. The van der Waals surface area contributed by atoms with Gasteiger partial charge in [0.05, 0.1) is 0 Å². The van der Waals surface area contributed by atoms with Gasteiger partial charge in [0.2, 0.25) is 0 Å². The summed E-state index contributed by atoms with van der Waals surface area (Å²) in [5.41, 5.74) is 0. The lowest BCUT2D eigenvalue weighted by Crippen LogP contribution is -2.42. The van der Waals surface area contributed by atoms with Crippen molar-refractivity contribution in [3.05, 3.63) is 0 Å². The molecular formula is C12H24N2O. The van der Waals surface area contributed by atoms with Crippen LogP contribution in [0.1, 0.15) is 46.0 Å². The molecule has 2 atom stereocenters. The van der Waals surface area contributed by atoms with E-state index in [1.807, 2.05) is 14.0 Å². The van der Waals surface area contributed by atoms with Gasteiger partial charge in [0.1, 0.15) is 0 Å². The highest BCUT2D eigenvalue weighted by atomic mass is 16.2. The molecule has 0 bridgehead atoms. The van der Waals surface area contributed by atoms with Crippen LogP contribution in [-0.4, -0.2) is 30.6 Å². The van der Waals surface area contributed by atoms with Crippen molar-refractivity contribution in [1.29, 1.82) is 0 Å². The third-order valence-corrected chi connectivity index (χ3v) is 3.39. The number of nitrogens with one attached hydrogen (secondary N) is 1. The van der Waals surface area contributed by atoms with Crippen molar-refractivity contribution in [1.82, 2.24) is 10.2 Å². The Morgan fingerprint density at radius 1 is 1.40 bits per heavy atom. The number of urea groups is 1. The highest BCUT2D eigenvalue weighted by molar-refractivity contribution is 5.74. The van der Waals surface area contributed by atoms with Crippen LogP contribution >= 0.6 is 0 Å². The maximum Gasteiger partial charge on any atom is 0.317 e. The molecule has 0 aromatic rings. The summed E-state index contributed by atoms with van der Waals surface area (Å²) >= 11 is 0. The first-order valence-corrected chi connectivity index (χ1v) is 6.19. The lowest BCUT2D eigenvalue weighted by molar-refractivity contribution is 0.206. The van der Waals surface area contributed by atoms with Gasteiger partial charge in [-0.1, -0.05) is 19.8 Å². The molecule has 0 aromatic heterocycles. The average Bonchev–Trinajstić information content (AvgIpc) is 2.65. The largest absolute Gasteiger partial charge is 0.335 e. The van der Waals surface area contributed by atoms with E-state index in [0.29, 0.717) is 6.04 Å². The smallest absolute Gasteiger partial charge is 0.317 e. The summed E-state index contributed by atoms with van der Waals surface area (Å²) in [5, 5.41) is 3.10. The molecule has 15 heavy (non-hydrogen) atoms. The molecule has 3 heteroatoms. The minimum Gasteiger partial charge on any atom is -0.335 e. The van der Waals surface area contributed by atoms with E-state index >= 15 is 0 Å². The van der Waals surface area contributed by atoms with Gasteiger partial charge in [0.15, 0.2) is 0 Å². The van der Waals surface area contributed by atoms with E-state index < -0.39 is 0 Å². The van der Waals surface area contributed by atoms with Gasteiger partial charge >= 0.3 is 6.03 Å². The van der Waals surface area contributed by atoms with Crippen molar-refractivity contribution in [2.75, 3.05) is 13.6 Å². The second kappa shape index (κ2) is 5.99. The van der Waals surface area contributed by atoms with Gasteiger partial charge in [-0.15, -0.1) is 0 Å². The summed E-state index contributed by atoms with van der Waals surface area (Å²) in [6.07, 6.45) is 6.20. The van der Waals surface area contributed by atoms with E-state index in [1.165, 1.54) is 25.7 Å². The standard InChI is InChI=1S/C12H24N2O/c1-4-6-10-7-8-11(9-10)13-12(15)14(3)5-2/h10-11H,4-9H2,1-3H3,(H,13,15). The molecule has 1 rings (SSSR count). The molecule has 0 heterocycles. The Morgan fingerprint density at radius 3 is 2.73 bits per heavy atom. The topological polar surface area (TPSA) is 32.3 Å². The van der Waals surface area contributed by atoms with Crippen LogP contribution in [0.4, 0.5) is 4.79 Å². The zero-order valence-electron chi connectivity index (χ0n) is 10.3. The van der Waals surface area contributed by atoms with Crippen LogP contribution < -0.4 is 5.32 Å². The highest BCUT2D eigenvalue weighted by Crippen LogP contribution is 2.29. The number of nitrogens with zero attached hydrogens (tertiary/aromatic N) is 1. The lowest BCUT2D eigenvalue weighted by atomic mass is 10.0. The Hall–Kier alpha value is -0.730. The van der Waals surface area contributed by atoms with E-state index in [1.54, 1.807) is 4.90 Å². The van der Waals surface area contributed by atoms with Crippen molar-refractivity contribution in [2.24, 2.45) is 5.92 Å². The summed E-state index contributed by atoms with van der Waals surface area (Å²) < 4.78 is 0. The molecule has 0 aliphatic heterocycles. The maximum absolute atomic E-state index is 11.6. The van der Waals surface area contributed by atoms with Crippen LogP contribution in [-0.2, 0) is 0 Å². The van der Waals surface area contributed by atoms with Gasteiger partial charge in [0, 0.05) is 19.6 Å². The van der Waals surface area contributed by atoms with Crippen molar-refractivity contribution in [3.8, 4) is 0 Å². The second-order valence-electron chi connectivity index (χ2n) is 4.63. The molecule has 1 aliphatic carbocycles. The summed E-state index contributed by atoms with van der Waals surface area (Å²) in [5.74, 6) is 0.840. The van der Waals surface area contributed by atoms with Crippen molar-refractivity contribution < 1.29 is 4.79 Å². The predicted molar refractivity (Wildman–Crippen MR) is 62.9 cm³/mol. The Kier molecular flexibility index (Phi) is 4.92. The fourth-order valence-electron chi connectivity index (χ4n) is 2.30. The van der Waals surface area contributed by atoms with Crippen LogP contribution in [0.15, 0.2) is 0 Å². The fourth-order valence-corrected chi connectivity index (χ4v) is 2.30. The van der Waals surface area contributed by atoms with Gasteiger partial charge in [-0.25, -0.2) is 4.79 Å². The SMILES string of the molecule is CCCC1CCC(NC(=O)N(C)CC)C1. The molecule has 0 aromatic carbocycles. The molecule has 0 spiro atoms. The van der Waals surface area contributed by atoms with Crippen molar-refractivity contribution in [3.63, 3.8) is 0 Å². The highest BCUT2D eigenvalue weighted by Gasteiger charge is 2.25. The molecule has 1 fully saturated rings. The van der Waals surface area contributed by atoms with Crippen LogP contribution in [0.5, 0.6) is 0 Å². The Balaban J connectivity index is 2.26. The third kappa shape index (κ3) is 3.73. The predicted octanol–water partition coefficient (Wildman–Crippen LogP) is 2.62. The zero-order chi connectivity index (χ0) is 11.3. The summed E-state index contributed by atoms with van der Waals surface area (Å²) in [7, 11) is 1.84. The third-order valence-electron chi connectivity index (χ3n) is 3.39. The monoisotopic (exact) mass is 212 g/mol. The van der Waals surface area contributed by atoms with E-state index in [0.717, 1.165) is 18.9 Å². The van der Waals surface area contributed by atoms with Gasteiger partial charge in [-0.2, -0.15) is 0 Å². The summed E-state index contributed by atoms with van der Waals surface area (Å²) in [6, 6.07) is 0.502. The molecule has 1 N–H and O–H groups in total. The first-order chi connectivity index (χ1) is 7.17. The first-order valence-electron chi connectivity index (χ1n) is 6.19. The number of hydrogen-bond acceptors (Lipinski definition) is 1. The first kappa shape index (κ1) is 12.3. The molecule has 3 nitrogen and oxygen atoms in total. The number of carbonyl (C=O) groups is 1. The minimum atomic E-state index is 0.0830. The van der Waals surface area contributed by atoms with Crippen molar-refractivity contribution >= 4 is 6.03 Å². The Morgan fingerprint density at radius 2 is 2.13 bits per heavy atom. The lowest BCUT2D eigenvalue weighted by Gasteiger charge is -2.19. The Labute approximate surface area is 93.2 Å². The molecular weight excluding hydrogens is 188 g/mol. The van der Waals surface area contributed by atoms with Crippen LogP contribution in [0.2, 0.25) is 0 Å². The van der Waals surface area contributed by atoms with Crippen molar-refractivity contribution in [2.45, 2.75) is 52.0 Å². The summed E-state index contributed by atoms with van der Waals surface area (Å²) in [4.78, 5) is 13.3. The van der Waals surface area contributed by atoms with E-state index in [4.69, 9.17) is 0 Å². The van der Waals surface area contributed by atoms with Gasteiger partial charge in [0.25, 0.3) is 0 Å². The number of hydrogen-bond donors (Lipinski definition) is 1. The number of carbonyl (C=O) groups excluding carboxylic acids is 1.